The van der Waals surface area contributed by atoms with Gasteiger partial charge in [-0.15, -0.1) is 0 Å². The number of ether oxygens (including phenoxy) is 3. The molecule has 0 radical (unpaired) electrons. The molecule has 0 bridgehead atoms. The molecule has 0 spiro atoms. The SMILES string of the molecule is COc1cc2c(cc1OCC1CCO1)C(c1ccc(Cl)cc1)N(c1ccc(N(C)C)cc1)C(=O)C2. The number of methoxy groups -OCH3 is 1. The molecular weight excluding hydrogens is 464 g/mol. The van der Waals surface area contributed by atoms with Crippen molar-refractivity contribution in [3.8, 4) is 11.5 Å². The van der Waals surface area contributed by atoms with E-state index in [1.807, 2.05) is 84.6 Å². The minimum Gasteiger partial charge on any atom is -0.493 e. The predicted octanol–water partition coefficient (Wildman–Crippen LogP) is 5.26. The molecular formula is C28H29ClN2O4. The Hall–Kier alpha value is -3.22. The summed E-state index contributed by atoms with van der Waals surface area (Å²) in [4.78, 5) is 17.5. The van der Waals surface area contributed by atoms with Gasteiger partial charge in [-0.3, -0.25) is 4.79 Å². The van der Waals surface area contributed by atoms with Gasteiger partial charge in [-0.1, -0.05) is 23.7 Å². The first-order chi connectivity index (χ1) is 16.9. The standard InChI is InChI=1S/C28H29ClN2O4/c1-30(2)21-8-10-22(11-9-21)31-27(32)15-19-14-25(33-3)26(35-17-23-12-13-34-23)16-24(19)28(31)18-4-6-20(29)7-5-18/h4-11,14,16,23,28H,12-13,15,17H2,1-3H3. The van der Waals surface area contributed by atoms with E-state index in [0.29, 0.717) is 23.1 Å². The summed E-state index contributed by atoms with van der Waals surface area (Å²) in [5, 5.41) is 0.650. The zero-order chi connectivity index (χ0) is 24.5. The fourth-order valence-electron chi connectivity index (χ4n) is 4.61. The molecule has 7 heteroatoms. The van der Waals surface area contributed by atoms with Crippen LogP contribution in [0.1, 0.15) is 29.2 Å². The topological polar surface area (TPSA) is 51.2 Å². The number of carbonyl (C=O) groups is 1. The van der Waals surface area contributed by atoms with Crippen LogP contribution in [0, 0.1) is 0 Å². The summed E-state index contributed by atoms with van der Waals surface area (Å²) in [6.07, 6.45) is 1.37. The number of amides is 1. The molecule has 2 aliphatic rings. The van der Waals surface area contributed by atoms with E-state index in [0.717, 1.165) is 41.1 Å². The number of benzene rings is 3. The van der Waals surface area contributed by atoms with E-state index in [9.17, 15) is 4.79 Å². The highest BCUT2D eigenvalue weighted by Gasteiger charge is 2.36. The van der Waals surface area contributed by atoms with E-state index in [4.69, 9.17) is 25.8 Å². The molecule has 182 valence electrons. The van der Waals surface area contributed by atoms with E-state index in [2.05, 4.69) is 0 Å². The Kier molecular flexibility index (Phi) is 6.58. The third kappa shape index (κ3) is 4.68. The Bertz CT molecular complexity index is 1210. The van der Waals surface area contributed by atoms with Crippen molar-refractivity contribution >= 4 is 28.9 Å². The summed E-state index contributed by atoms with van der Waals surface area (Å²) in [7, 11) is 5.61. The number of nitrogens with zero attached hydrogens (tertiary/aromatic N) is 2. The smallest absolute Gasteiger partial charge is 0.232 e. The number of hydrogen-bond acceptors (Lipinski definition) is 5. The second-order valence-electron chi connectivity index (χ2n) is 9.10. The fourth-order valence-corrected chi connectivity index (χ4v) is 4.73. The molecule has 3 aromatic rings. The number of hydrogen-bond donors (Lipinski definition) is 0. The summed E-state index contributed by atoms with van der Waals surface area (Å²) in [6.45, 7) is 1.24. The van der Waals surface area contributed by atoms with E-state index in [1.165, 1.54) is 0 Å². The van der Waals surface area contributed by atoms with Crippen LogP contribution in [0.3, 0.4) is 0 Å². The van der Waals surface area contributed by atoms with Crippen LogP contribution in [0.4, 0.5) is 11.4 Å². The van der Waals surface area contributed by atoms with Crippen molar-refractivity contribution in [3.05, 3.63) is 82.4 Å². The van der Waals surface area contributed by atoms with Gasteiger partial charge in [-0.25, -0.2) is 0 Å². The Morgan fingerprint density at radius 1 is 1.06 bits per heavy atom. The first-order valence-electron chi connectivity index (χ1n) is 11.7. The van der Waals surface area contributed by atoms with Crippen LogP contribution in [-0.4, -0.2) is 46.4 Å². The van der Waals surface area contributed by atoms with Crippen molar-refractivity contribution < 1.29 is 19.0 Å². The van der Waals surface area contributed by atoms with Crippen molar-refractivity contribution in [1.82, 2.24) is 0 Å². The molecule has 6 nitrogen and oxygen atoms in total. The molecule has 5 rings (SSSR count). The van der Waals surface area contributed by atoms with Crippen molar-refractivity contribution in [2.75, 3.05) is 44.2 Å². The largest absolute Gasteiger partial charge is 0.493 e. The van der Waals surface area contributed by atoms with Gasteiger partial charge in [0.05, 0.1) is 25.7 Å². The molecule has 0 aliphatic carbocycles. The quantitative estimate of drug-likeness (QED) is 0.450. The zero-order valence-corrected chi connectivity index (χ0v) is 20.9. The lowest BCUT2D eigenvalue weighted by Gasteiger charge is -2.38. The Labute approximate surface area is 211 Å². The molecule has 0 aromatic heterocycles. The number of anilines is 2. The molecule has 0 saturated carbocycles. The molecule has 0 N–H and O–H groups in total. The maximum Gasteiger partial charge on any atom is 0.232 e. The third-order valence-electron chi connectivity index (χ3n) is 6.64. The van der Waals surface area contributed by atoms with Gasteiger partial charge >= 0.3 is 0 Å². The molecule has 35 heavy (non-hydrogen) atoms. The lowest BCUT2D eigenvalue weighted by molar-refractivity contribution is -0.118. The van der Waals surface area contributed by atoms with E-state index in [1.54, 1.807) is 7.11 Å². The minimum atomic E-state index is -0.332. The summed E-state index contributed by atoms with van der Waals surface area (Å²) < 4.78 is 17.3. The number of halogens is 1. The maximum absolute atomic E-state index is 13.6. The van der Waals surface area contributed by atoms with E-state index < -0.39 is 0 Å². The van der Waals surface area contributed by atoms with Crippen LogP contribution in [0.25, 0.3) is 0 Å². The first-order valence-corrected chi connectivity index (χ1v) is 12.1. The highest BCUT2D eigenvalue weighted by molar-refractivity contribution is 6.30. The van der Waals surface area contributed by atoms with E-state index >= 15 is 0 Å². The van der Waals surface area contributed by atoms with Crippen LogP contribution in [-0.2, 0) is 16.0 Å². The van der Waals surface area contributed by atoms with Crippen LogP contribution in [0.2, 0.25) is 5.02 Å². The Morgan fingerprint density at radius 3 is 2.37 bits per heavy atom. The second-order valence-corrected chi connectivity index (χ2v) is 9.54. The van der Waals surface area contributed by atoms with Gasteiger partial charge in [0.2, 0.25) is 5.91 Å². The van der Waals surface area contributed by atoms with Crippen molar-refractivity contribution in [2.45, 2.75) is 25.0 Å². The minimum absolute atomic E-state index is 0.0219. The average molecular weight is 493 g/mol. The average Bonchev–Trinajstić information content (AvgIpc) is 2.82. The lowest BCUT2D eigenvalue weighted by Crippen LogP contribution is -2.41. The van der Waals surface area contributed by atoms with Gasteiger partial charge in [0.25, 0.3) is 0 Å². The molecule has 2 aliphatic heterocycles. The molecule has 2 heterocycles. The molecule has 2 atom stereocenters. The second kappa shape index (κ2) is 9.80. The summed E-state index contributed by atoms with van der Waals surface area (Å²) in [5.41, 5.74) is 4.82. The molecule has 1 fully saturated rings. The third-order valence-corrected chi connectivity index (χ3v) is 6.89. The van der Waals surface area contributed by atoms with E-state index in [-0.39, 0.29) is 24.5 Å². The van der Waals surface area contributed by atoms with Crippen LogP contribution in [0.15, 0.2) is 60.7 Å². The summed E-state index contributed by atoms with van der Waals surface area (Å²) in [6, 6.07) is 19.3. The highest BCUT2D eigenvalue weighted by atomic mass is 35.5. The van der Waals surface area contributed by atoms with Crippen molar-refractivity contribution in [3.63, 3.8) is 0 Å². The number of rotatable bonds is 7. The molecule has 2 unspecified atom stereocenters. The van der Waals surface area contributed by atoms with Crippen LogP contribution in [0.5, 0.6) is 11.5 Å². The molecule has 3 aromatic carbocycles. The Balaban J connectivity index is 1.60. The van der Waals surface area contributed by atoms with Crippen molar-refractivity contribution in [1.29, 1.82) is 0 Å². The Morgan fingerprint density at radius 2 is 1.77 bits per heavy atom. The van der Waals surface area contributed by atoms with Crippen LogP contribution >= 0.6 is 11.6 Å². The molecule has 1 amide bonds. The van der Waals surface area contributed by atoms with Gasteiger partial charge < -0.3 is 24.0 Å². The zero-order valence-electron chi connectivity index (χ0n) is 20.2. The summed E-state index contributed by atoms with van der Waals surface area (Å²) >= 11 is 6.20. The van der Waals surface area contributed by atoms with Crippen LogP contribution < -0.4 is 19.3 Å². The molecule has 1 saturated heterocycles. The normalized spacial score (nSPS) is 19.1. The summed E-state index contributed by atoms with van der Waals surface area (Å²) in [5.74, 6) is 1.29. The van der Waals surface area contributed by atoms with Gasteiger partial charge in [0, 0.05) is 43.5 Å². The number of carbonyl (C=O) groups excluding carboxylic acids is 1. The fraction of sp³-hybridized carbons (Fsp3) is 0.321. The predicted molar refractivity (Wildman–Crippen MR) is 138 cm³/mol. The maximum atomic E-state index is 13.6. The van der Waals surface area contributed by atoms with Gasteiger partial charge in [0.1, 0.15) is 6.61 Å². The lowest BCUT2D eigenvalue weighted by atomic mass is 9.86. The monoisotopic (exact) mass is 492 g/mol. The van der Waals surface area contributed by atoms with Gasteiger partial charge in [-0.2, -0.15) is 0 Å². The van der Waals surface area contributed by atoms with Gasteiger partial charge in [0.15, 0.2) is 11.5 Å². The van der Waals surface area contributed by atoms with Gasteiger partial charge in [-0.05, 0) is 65.2 Å². The van der Waals surface area contributed by atoms with Crippen molar-refractivity contribution in [2.24, 2.45) is 0 Å². The highest BCUT2D eigenvalue weighted by Crippen LogP contribution is 2.44. The first kappa shape index (κ1) is 23.5. The number of fused-ring (bicyclic) bond motifs is 1.